The lowest BCUT2D eigenvalue weighted by molar-refractivity contribution is -0.386. The Labute approximate surface area is 162 Å². The molecule has 2 fully saturated rings. The number of aromatic hydroxyl groups is 1. The second-order valence-electron chi connectivity index (χ2n) is 6.04. The predicted molar refractivity (Wildman–Crippen MR) is 101 cm³/mol. The largest absolute Gasteiger partial charge is 0.502 e. The van der Waals surface area contributed by atoms with Crippen LogP contribution >= 0.6 is 40.7 Å². The first-order valence-corrected chi connectivity index (χ1v) is 8.49. The van der Waals surface area contributed by atoms with Gasteiger partial charge in [0.2, 0.25) is 0 Å². The quantitative estimate of drug-likeness (QED) is 0.549. The molecule has 2 aliphatic rings. The Morgan fingerprint density at radius 2 is 1.92 bits per heavy atom. The Bertz CT molecular complexity index is 581. The molecule has 6 nitrogen and oxygen atoms in total. The van der Waals surface area contributed by atoms with Crippen LogP contribution in [0.15, 0.2) is 16.6 Å². The highest BCUT2D eigenvalue weighted by Crippen LogP contribution is 2.47. The van der Waals surface area contributed by atoms with Crippen LogP contribution in [-0.4, -0.2) is 41.1 Å². The van der Waals surface area contributed by atoms with Crippen molar-refractivity contribution in [2.75, 3.05) is 26.2 Å². The number of nitro groups is 1. The first-order chi connectivity index (χ1) is 10.6. The van der Waals surface area contributed by atoms with E-state index in [1.165, 1.54) is 12.5 Å². The van der Waals surface area contributed by atoms with Crippen LogP contribution in [0, 0.1) is 16.0 Å². The van der Waals surface area contributed by atoms with Gasteiger partial charge in [-0.3, -0.25) is 15.0 Å². The van der Waals surface area contributed by atoms with Gasteiger partial charge in [0.05, 0.1) is 4.92 Å². The summed E-state index contributed by atoms with van der Waals surface area (Å²) in [5, 5.41) is 25.0. The zero-order chi connectivity index (χ0) is 15.7. The highest BCUT2D eigenvalue weighted by molar-refractivity contribution is 9.10. The summed E-state index contributed by atoms with van der Waals surface area (Å²) in [5.41, 5.74) is 0.469. The summed E-state index contributed by atoms with van der Waals surface area (Å²) in [6, 6.07) is 3.27. The molecule has 24 heavy (non-hydrogen) atoms. The minimum atomic E-state index is -0.515. The molecule has 2 N–H and O–H groups in total. The average molecular weight is 443 g/mol. The van der Waals surface area contributed by atoms with Crippen LogP contribution in [0.5, 0.6) is 5.75 Å². The Hall–Kier alpha value is -0.600. The number of halogens is 3. The molecule has 0 radical (unpaired) electrons. The van der Waals surface area contributed by atoms with Crippen molar-refractivity contribution in [2.24, 2.45) is 5.92 Å². The molecule has 1 saturated heterocycles. The van der Waals surface area contributed by atoms with Gasteiger partial charge in [0.15, 0.2) is 5.75 Å². The molecule has 9 heteroatoms. The highest BCUT2D eigenvalue weighted by atomic mass is 79.9. The lowest BCUT2D eigenvalue weighted by Crippen LogP contribution is -2.47. The van der Waals surface area contributed by atoms with E-state index in [9.17, 15) is 15.2 Å². The maximum absolute atomic E-state index is 11.2. The van der Waals surface area contributed by atoms with E-state index in [1.54, 1.807) is 0 Å². The monoisotopic (exact) mass is 441 g/mol. The van der Waals surface area contributed by atoms with Crippen molar-refractivity contribution in [1.82, 2.24) is 10.2 Å². The topological polar surface area (TPSA) is 78.6 Å². The van der Waals surface area contributed by atoms with Crippen LogP contribution in [0.25, 0.3) is 0 Å². The molecule has 3 rings (SSSR count). The minimum absolute atomic E-state index is 0. The van der Waals surface area contributed by atoms with Crippen molar-refractivity contribution in [2.45, 2.75) is 25.3 Å². The van der Waals surface area contributed by atoms with Crippen molar-refractivity contribution >= 4 is 46.4 Å². The van der Waals surface area contributed by atoms with Crippen molar-refractivity contribution in [3.8, 4) is 5.75 Å². The summed E-state index contributed by atoms with van der Waals surface area (Å²) >= 11 is 3.35. The molecule has 0 spiro atoms. The van der Waals surface area contributed by atoms with Gasteiger partial charge < -0.3 is 10.4 Å². The van der Waals surface area contributed by atoms with Crippen molar-refractivity contribution < 1.29 is 10.0 Å². The van der Waals surface area contributed by atoms with Crippen molar-refractivity contribution in [3.05, 3.63) is 32.3 Å². The number of rotatable bonds is 4. The molecule has 0 amide bonds. The Morgan fingerprint density at radius 3 is 2.42 bits per heavy atom. The van der Waals surface area contributed by atoms with E-state index < -0.39 is 4.92 Å². The van der Waals surface area contributed by atoms with E-state index in [1.807, 2.05) is 6.07 Å². The molecule has 1 aliphatic heterocycles. The maximum atomic E-state index is 11.2. The third kappa shape index (κ3) is 4.32. The molecule has 0 aromatic heterocycles. The van der Waals surface area contributed by atoms with Crippen molar-refractivity contribution in [1.29, 1.82) is 0 Å². The first kappa shape index (κ1) is 21.4. The van der Waals surface area contributed by atoms with Gasteiger partial charge in [-0.1, -0.05) is 22.4 Å². The number of hydrogen-bond donors (Lipinski definition) is 2. The van der Waals surface area contributed by atoms with Crippen LogP contribution < -0.4 is 5.32 Å². The summed E-state index contributed by atoms with van der Waals surface area (Å²) in [5.74, 6) is 0.293. The van der Waals surface area contributed by atoms with Crippen LogP contribution in [0.1, 0.15) is 30.9 Å². The average Bonchev–Trinajstić information content (AvgIpc) is 2.45. The summed E-state index contributed by atoms with van der Waals surface area (Å²) in [4.78, 5) is 13.0. The fourth-order valence-corrected chi connectivity index (χ4v) is 3.90. The fourth-order valence-electron chi connectivity index (χ4n) is 3.43. The van der Waals surface area contributed by atoms with Gasteiger partial charge >= 0.3 is 5.69 Å². The molecule has 1 heterocycles. The van der Waals surface area contributed by atoms with E-state index in [2.05, 4.69) is 26.1 Å². The van der Waals surface area contributed by atoms with Gasteiger partial charge in [-0.25, -0.2) is 0 Å². The molecule has 1 aromatic carbocycles. The third-order valence-corrected chi connectivity index (χ3v) is 5.20. The standard InChI is InChI=1S/C15H20BrN3O3.2ClH/c16-11-8-12(15(20)13(9-11)19(21)22)14(10-2-1-3-10)18-6-4-17-5-7-18;;/h8-10,14,17,20H,1-7H2;2*1H/t14-;;/m0../s1. The molecule has 1 aromatic rings. The zero-order valence-electron chi connectivity index (χ0n) is 13.1. The van der Waals surface area contributed by atoms with Crippen LogP contribution in [0.3, 0.4) is 0 Å². The number of benzene rings is 1. The second-order valence-corrected chi connectivity index (χ2v) is 6.96. The highest BCUT2D eigenvalue weighted by Gasteiger charge is 2.37. The number of phenolic OH excluding ortho intramolecular Hbond substituents is 1. The summed E-state index contributed by atoms with van der Waals surface area (Å²) in [7, 11) is 0. The van der Waals surface area contributed by atoms with E-state index in [0.717, 1.165) is 39.0 Å². The molecule has 1 atom stereocenters. The van der Waals surface area contributed by atoms with Gasteiger partial charge in [0, 0.05) is 48.3 Å². The van der Waals surface area contributed by atoms with Gasteiger partial charge in [-0.15, -0.1) is 24.8 Å². The molecule has 0 bridgehead atoms. The van der Waals surface area contributed by atoms with E-state index in [0.29, 0.717) is 16.0 Å². The molecule has 1 saturated carbocycles. The summed E-state index contributed by atoms with van der Waals surface area (Å²) < 4.78 is 0.645. The maximum Gasteiger partial charge on any atom is 0.312 e. The van der Waals surface area contributed by atoms with Gasteiger partial charge in [-0.2, -0.15) is 0 Å². The Balaban J connectivity index is 0.00000144. The summed E-state index contributed by atoms with van der Waals surface area (Å²) in [6.07, 6.45) is 3.44. The van der Waals surface area contributed by atoms with Gasteiger partial charge in [0.25, 0.3) is 0 Å². The van der Waals surface area contributed by atoms with Crippen LogP contribution in [0.2, 0.25) is 0 Å². The van der Waals surface area contributed by atoms with Gasteiger partial charge in [-0.05, 0) is 24.8 Å². The molecule has 136 valence electrons. The number of piperazine rings is 1. The Morgan fingerprint density at radius 1 is 1.29 bits per heavy atom. The lowest BCUT2D eigenvalue weighted by Gasteiger charge is -2.43. The van der Waals surface area contributed by atoms with E-state index in [4.69, 9.17) is 0 Å². The predicted octanol–water partition coefficient (Wildman–Crippen LogP) is 3.65. The molecule has 1 aliphatic carbocycles. The number of nitrogens with zero attached hydrogens (tertiary/aromatic N) is 2. The fraction of sp³-hybridized carbons (Fsp3) is 0.600. The van der Waals surface area contributed by atoms with E-state index >= 15 is 0 Å². The normalized spacial score (nSPS) is 19.5. The Kier molecular flexibility index (Phi) is 8.22. The third-order valence-electron chi connectivity index (χ3n) is 4.74. The van der Waals surface area contributed by atoms with Crippen molar-refractivity contribution in [3.63, 3.8) is 0 Å². The lowest BCUT2D eigenvalue weighted by atomic mass is 9.76. The van der Waals surface area contributed by atoms with E-state index in [-0.39, 0.29) is 42.3 Å². The SMILES string of the molecule is Cl.Cl.O=[N+]([O-])c1cc(Br)cc([C@H](C2CCC2)N2CCNCC2)c1O. The number of nitro benzene ring substituents is 1. The summed E-state index contributed by atoms with van der Waals surface area (Å²) in [6.45, 7) is 3.64. The van der Waals surface area contributed by atoms with Crippen LogP contribution in [-0.2, 0) is 0 Å². The first-order valence-electron chi connectivity index (χ1n) is 7.69. The minimum Gasteiger partial charge on any atom is -0.502 e. The molecular formula is C15H22BrCl2N3O3. The number of nitrogens with one attached hydrogen (secondary N) is 1. The smallest absolute Gasteiger partial charge is 0.312 e. The number of hydrogen-bond acceptors (Lipinski definition) is 5. The van der Waals surface area contributed by atoms with Crippen LogP contribution in [0.4, 0.5) is 5.69 Å². The second kappa shape index (κ2) is 9.20. The number of phenols is 1. The molecular weight excluding hydrogens is 421 g/mol. The zero-order valence-corrected chi connectivity index (χ0v) is 16.3. The molecule has 0 unspecified atom stereocenters. The van der Waals surface area contributed by atoms with Gasteiger partial charge in [0.1, 0.15) is 0 Å².